The summed E-state index contributed by atoms with van der Waals surface area (Å²) in [7, 11) is 1.61. The Morgan fingerprint density at radius 2 is 1.51 bits per heavy atom. The van der Waals surface area contributed by atoms with Crippen molar-refractivity contribution < 1.29 is 14.3 Å². The van der Waals surface area contributed by atoms with Gasteiger partial charge in [-0.25, -0.2) is 0 Å². The summed E-state index contributed by atoms with van der Waals surface area (Å²) in [5, 5.41) is 0. The van der Waals surface area contributed by atoms with Crippen LogP contribution in [0.4, 0.5) is 0 Å². The van der Waals surface area contributed by atoms with Gasteiger partial charge in [-0.2, -0.15) is 0 Å². The molecule has 3 nitrogen and oxygen atoms in total. The summed E-state index contributed by atoms with van der Waals surface area (Å²) in [4.78, 5) is 26.5. The lowest BCUT2D eigenvalue weighted by Gasteiger charge is -2.72. The zero-order valence-corrected chi connectivity index (χ0v) is 24.2. The second-order valence-electron chi connectivity index (χ2n) is 16.0. The normalized spacial score (nSPS) is 51.0. The van der Waals surface area contributed by atoms with Gasteiger partial charge in [-0.1, -0.05) is 55.4 Å². The molecule has 0 spiro atoms. The SMILES string of the molecule is COC(=O)C12CCC(C(C)(C)C)C1C1CCC3C4(C)CCC(=O)C(C)(C)C4CCC3(C)C1(C)CC2. The van der Waals surface area contributed by atoms with Gasteiger partial charge in [-0.15, -0.1) is 0 Å². The quantitative estimate of drug-likeness (QED) is 0.356. The van der Waals surface area contributed by atoms with Gasteiger partial charge in [0.15, 0.2) is 0 Å². The molecule has 5 saturated carbocycles. The molecule has 0 amide bonds. The molecule has 0 bridgehead atoms. The lowest BCUT2D eigenvalue weighted by atomic mass is 9.32. The zero-order valence-electron chi connectivity index (χ0n) is 24.2. The first-order valence-corrected chi connectivity index (χ1v) is 14.7. The van der Waals surface area contributed by atoms with Gasteiger partial charge in [-0.05, 0) is 109 Å². The Morgan fingerprint density at radius 3 is 2.14 bits per heavy atom. The molecule has 0 radical (unpaired) electrons. The molecule has 3 heteroatoms. The van der Waals surface area contributed by atoms with Crippen molar-refractivity contribution in [3.63, 3.8) is 0 Å². The van der Waals surface area contributed by atoms with Gasteiger partial charge in [0.05, 0.1) is 12.5 Å². The number of carbonyl (C=O) groups is 2. The van der Waals surface area contributed by atoms with Crippen LogP contribution in [0.3, 0.4) is 0 Å². The summed E-state index contributed by atoms with van der Waals surface area (Å²) < 4.78 is 5.55. The largest absolute Gasteiger partial charge is 0.469 e. The maximum Gasteiger partial charge on any atom is 0.312 e. The van der Waals surface area contributed by atoms with Gasteiger partial charge in [-0.3, -0.25) is 9.59 Å². The summed E-state index contributed by atoms with van der Waals surface area (Å²) in [5.74, 6) is 3.32. The molecular formula is C32H52O3. The smallest absolute Gasteiger partial charge is 0.312 e. The van der Waals surface area contributed by atoms with Crippen molar-refractivity contribution in [2.24, 2.45) is 62.1 Å². The second-order valence-corrected chi connectivity index (χ2v) is 16.0. The number of fused-ring (bicyclic) bond motifs is 7. The lowest BCUT2D eigenvalue weighted by Crippen LogP contribution is -2.67. The van der Waals surface area contributed by atoms with Crippen LogP contribution in [0.5, 0.6) is 0 Å². The summed E-state index contributed by atoms with van der Waals surface area (Å²) in [5.41, 5.74) is 0.487. The predicted octanol–water partition coefficient (Wildman–Crippen LogP) is 7.86. The first kappa shape index (κ1) is 25.8. The number of esters is 1. The average molecular weight is 485 g/mol. The molecule has 0 aromatic heterocycles. The number of ether oxygens (including phenoxy) is 1. The Morgan fingerprint density at radius 1 is 0.829 bits per heavy atom. The number of rotatable bonds is 1. The number of ketones is 1. The zero-order chi connectivity index (χ0) is 25.8. The first-order valence-electron chi connectivity index (χ1n) is 14.7. The molecule has 9 atom stereocenters. The van der Waals surface area contributed by atoms with Crippen molar-refractivity contribution in [2.45, 2.75) is 120 Å². The highest BCUT2D eigenvalue weighted by Crippen LogP contribution is 2.77. The number of carbonyl (C=O) groups excluding carboxylic acids is 2. The number of hydrogen-bond acceptors (Lipinski definition) is 3. The summed E-state index contributed by atoms with van der Waals surface area (Å²) >= 11 is 0. The van der Waals surface area contributed by atoms with E-state index in [9.17, 15) is 9.59 Å². The van der Waals surface area contributed by atoms with E-state index in [-0.39, 0.29) is 38.5 Å². The van der Waals surface area contributed by atoms with Crippen LogP contribution in [0.1, 0.15) is 120 Å². The Balaban J connectivity index is 1.58. The molecule has 5 fully saturated rings. The van der Waals surface area contributed by atoms with Gasteiger partial charge in [0.2, 0.25) is 0 Å². The molecule has 0 heterocycles. The minimum atomic E-state index is -0.277. The molecule has 198 valence electrons. The highest BCUT2D eigenvalue weighted by molar-refractivity contribution is 5.85. The molecule has 0 aromatic rings. The minimum absolute atomic E-state index is 0.0757. The van der Waals surface area contributed by atoms with Gasteiger partial charge < -0.3 is 4.74 Å². The van der Waals surface area contributed by atoms with Crippen molar-refractivity contribution >= 4 is 11.8 Å². The third-order valence-corrected chi connectivity index (χ3v) is 13.9. The Kier molecular flexibility index (Phi) is 5.59. The average Bonchev–Trinajstić information content (AvgIpc) is 3.18. The Hall–Kier alpha value is -0.860. The fourth-order valence-corrected chi connectivity index (χ4v) is 11.9. The molecule has 5 aliphatic carbocycles. The van der Waals surface area contributed by atoms with E-state index in [2.05, 4.69) is 55.4 Å². The van der Waals surface area contributed by atoms with Crippen LogP contribution in [0, 0.1) is 62.1 Å². The van der Waals surface area contributed by atoms with Crippen molar-refractivity contribution in [1.82, 2.24) is 0 Å². The summed E-state index contributed by atoms with van der Waals surface area (Å²) in [6, 6.07) is 0. The van der Waals surface area contributed by atoms with Gasteiger partial charge in [0.1, 0.15) is 5.78 Å². The number of hydrogen-bond donors (Lipinski definition) is 0. The van der Waals surface area contributed by atoms with Gasteiger partial charge in [0.25, 0.3) is 0 Å². The summed E-state index contributed by atoms with van der Waals surface area (Å²) in [6.45, 7) is 19.5. The Labute approximate surface area is 214 Å². The molecule has 5 rings (SSSR count). The summed E-state index contributed by atoms with van der Waals surface area (Å²) in [6.07, 6.45) is 11.1. The first-order chi connectivity index (χ1) is 16.1. The molecule has 35 heavy (non-hydrogen) atoms. The highest BCUT2D eigenvalue weighted by atomic mass is 16.5. The lowest BCUT2D eigenvalue weighted by molar-refractivity contribution is -0.238. The molecule has 0 saturated heterocycles. The van der Waals surface area contributed by atoms with Crippen LogP contribution in [0.25, 0.3) is 0 Å². The van der Waals surface area contributed by atoms with E-state index in [1.807, 2.05) is 0 Å². The predicted molar refractivity (Wildman–Crippen MR) is 141 cm³/mol. The van der Waals surface area contributed by atoms with E-state index < -0.39 is 0 Å². The monoisotopic (exact) mass is 484 g/mol. The molecule has 9 unspecified atom stereocenters. The third kappa shape index (κ3) is 3.08. The highest BCUT2D eigenvalue weighted by Gasteiger charge is 2.72. The standard InChI is InChI=1S/C32H52O3/c1-27(2,3)20-12-17-32(26(34)35-9)19-18-30(7)21(25(20)32)10-11-23-29(6)15-14-24(33)28(4,5)22(29)13-16-31(23,30)8/h20-23,25H,10-19H2,1-9H3. The molecule has 0 aliphatic heterocycles. The van der Waals surface area contributed by atoms with Crippen LogP contribution in [0.2, 0.25) is 0 Å². The number of methoxy groups -OCH3 is 1. The molecule has 5 aliphatic rings. The van der Waals surface area contributed by atoms with E-state index in [1.165, 1.54) is 25.7 Å². The van der Waals surface area contributed by atoms with Gasteiger partial charge >= 0.3 is 5.97 Å². The third-order valence-electron chi connectivity index (χ3n) is 13.9. The van der Waals surface area contributed by atoms with E-state index in [0.29, 0.717) is 35.4 Å². The van der Waals surface area contributed by atoms with E-state index in [1.54, 1.807) is 7.11 Å². The van der Waals surface area contributed by atoms with Crippen molar-refractivity contribution in [3.05, 3.63) is 0 Å². The second kappa shape index (κ2) is 7.59. The maximum absolute atomic E-state index is 13.5. The number of Topliss-reactive ketones (excluding diaryl/α,β-unsaturated/α-hetero) is 1. The van der Waals surface area contributed by atoms with Crippen molar-refractivity contribution in [3.8, 4) is 0 Å². The van der Waals surface area contributed by atoms with Crippen LogP contribution in [-0.2, 0) is 14.3 Å². The van der Waals surface area contributed by atoms with Crippen LogP contribution in [-0.4, -0.2) is 18.9 Å². The van der Waals surface area contributed by atoms with Crippen LogP contribution < -0.4 is 0 Å². The topological polar surface area (TPSA) is 43.4 Å². The van der Waals surface area contributed by atoms with Gasteiger partial charge in [0, 0.05) is 11.8 Å². The van der Waals surface area contributed by atoms with Crippen molar-refractivity contribution in [1.29, 1.82) is 0 Å². The fourth-order valence-electron chi connectivity index (χ4n) is 11.9. The Bertz CT molecular complexity index is 912. The van der Waals surface area contributed by atoms with E-state index in [4.69, 9.17) is 4.74 Å². The van der Waals surface area contributed by atoms with Crippen LogP contribution in [0.15, 0.2) is 0 Å². The minimum Gasteiger partial charge on any atom is -0.469 e. The fraction of sp³-hybridized carbons (Fsp3) is 0.938. The van der Waals surface area contributed by atoms with E-state index in [0.717, 1.165) is 38.5 Å². The molecular weight excluding hydrogens is 432 g/mol. The molecule has 0 aromatic carbocycles. The maximum atomic E-state index is 13.5. The van der Waals surface area contributed by atoms with Crippen molar-refractivity contribution in [2.75, 3.05) is 7.11 Å². The molecule has 0 N–H and O–H groups in total. The van der Waals surface area contributed by atoms with E-state index >= 15 is 0 Å². The van der Waals surface area contributed by atoms with Crippen LogP contribution >= 0.6 is 0 Å².